The SMILES string of the molecule is C=C(C)C(NC)C(C)(C)c1ccc(F)cc1. The van der Waals surface area contributed by atoms with E-state index in [0.717, 1.165) is 11.1 Å². The Kier molecular flexibility index (Phi) is 3.87. The molecule has 0 fully saturated rings. The molecule has 0 saturated heterocycles. The zero-order valence-corrected chi connectivity index (χ0v) is 10.5. The molecule has 0 aliphatic rings. The van der Waals surface area contributed by atoms with Crippen molar-refractivity contribution in [2.45, 2.75) is 32.2 Å². The largest absolute Gasteiger partial charge is 0.313 e. The number of benzene rings is 1. The van der Waals surface area contributed by atoms with E-state index in [1.54, 1.807) is 0 Å². The summed E-state index contributed by atoms with van der Waals surface area (Å²) >= 11 is 0. The van der Waals surface area contributed by atoms with Crippen LogP contribution in [0.5, 0.6) is 0 Å². The molecule has 1 unspecified atom stereocenters. The van der Waals surface area contributed by atoms with Crippen LogP contribution in [0, 0.1) is 5.82 Å². The van der Waals surface area contributed by atoms with Crippen LogP contribution < -0.4 is 5.32 Å². The molecule has 0 aromatic heterocycles. The summed E-state index contributed by atoms with van der Waals surface area (Å²) in [6.45, 7) is 10.3. The Hall–Kier alpha value is -1.15. The van der Waals surface area contributed by atoms with Crippen LogP contribution in [0.1, 0.15) is 26.3 Å². The van der Waals surface area contributed by atoms with E-state index in [4.69, 9.17) is 0 Å². The highest BCUT2D eigenvalue weighted by Gasteiger charge is 2.30. The van der Waals surface area contributed by atoms with Crippen LogP contribution in [-0.2, 0) is 5.41 Å². The molecule has 1 rings (SSSR count). The summed E-state index contributed by atoms with van der Waals surface area (Å²) in [6.07, 6.45) is 0. The predicted molar refractivity (Wildman–Crippen MR) is 67.1 cm³/mol. The summed E-state index contributed by atoms with van der Waals surface area (Å²) < 4.78 is 12.9. The third-order valence-electron chi connectivity index (χ3n) is 3.09. The van der Waals surface area contributed by atoms with Crippen molar-refractivity contribution in [3.8, 4) is 0 Å². The number of rotatable bonds is 4. The van der Waals surface area contributed by atoms with E-state index in [-0.39, 0.29) is 17.3 Å². The fraction of sp³-hybridized carbons (Fsp3) is 0.429. The third kappa shape index (κ3) is 2.50. The standard InChI is InChI=1S/C14H20FN/c1-10(2)13(16-5)14(3,4)11-6-8-12(15)9-7-11/h6-9,13,16H,1H2,2-5H3. The molecular formula is C14H20FN. The fourth-order valence-corrected chi connectivity index (χ4v) is 2.27. The van der Waals surface area contributed by atoms with Crippen LogP contribution in [0.3, 0.4) is 0 Å². The van der Waals surface area contributed by atoms with Crippen LogP contribution in [0.4, 0.5) is 4.39 Å². The highest BCUT2D eigenvalue weighted by atomic mass is 19.1. The minimum Gasteiger partial charge on any atom is -0.313 e. The van der Waals surface area contributed by atoms with E-state index in [1.807, 2.05) is 26.1 Å². The molecule has 0 bridgehead atoms. The Morgan fingerprint density at radius 3 is 2.19 bits per heavy atom. The lowest BCUT2D eigenvalue weighted by atomic mass is 9.75. The zero-order chi connectivity index (χ0) is 12.3. The minimum absolute atomic E-state index is 0.103. The van der Waals surface area contributed by atoms with Crippen LogP contribution in [0.25, 0.3) is 0 Å². The van der Waals surface area contributed by atoms with E-state index >= 15 is 0 Å². The van der Waals surface area contributed by atoms with Gasteiger partial charge in [0, 0.05) is 11.5 Å². The molecule has 0 heterocycles. The summed E-state index contributed by atoms with van der Waals surface area (Å²) in [5.74, 6) is -0.198. The van der Waals surface area contributed by atoms with Gasteiger partial charge in [-0.3, -0.25) is 0 Å². The fourth-order valence-electron chi connectivity index (χ4n) is 2.27. The first-order valence-corrected chi connectivity index (χ1v) is 5.48. The Bertz CT molecular complexity index is 365. The molecule has 0 radical (unpaired) electrons. The zero-order valence-electron chi connectivity index (χ0n) is 10.5. The summed E-state index contributed by atoms with van der Waals surface area (Å²) in [7, 11) is 1.92. The van der Waals surface area contributed by atoms with Crippen LogP contribution in [0.2, 0.25) is 0 Å². The van der Waals surface area contributed by atoms with Gasteiger partial charge in [-0.05, 0) is 31.7 Å². The molecule has 0 aliphatic carbocycles. The average Bonchev–Trinajstić information content (AvgIpc) is 2.18. The monoisotopic (exact) mass is 221 g/mol. The topological polar surface area (TPSA) is 12.0 Å². The second-order valence-electron chi connectivity index (χ2n) is 4.80. The van der Waals surface area contributed by atoms with Gasteiger partial charge in [-0.15, -0.1) is 0 Å². The number of hydrogen-bond donors (Lipinski definition) is 1. The van der Waals surface area contributed by atoms with Crippen molar-refractivity contribution in [1.29, 1.82) is 0 Å². The molecular weight excluding hydrogens is 201 g/mol. The third-order valence-corrected chi connectivity index (χ3v) is 3.09. The van der Waals surface area contributed by atoms with Crippen molar-refractivity contribution < 1.29 is 4.39 Å². The number of halogens is 1. The molecule has 1 aromatic rings. The molecule has 0 spiro atoms. The van der Waals surface area contributed by atoms with E-state index in [2.05, 4.69) is 25.7 Å². The molecule has 1 atom stereocenters. The first-order chi connectivity index (χ1) is 7.39. The highest BCUT2D eigenvalue weighted by Crippen LogP contribution is 2.30. The first-order valence-electron chi connectivity index (χ1n) is 5.48. The molecule has 0 amide bonds. The Balaban J connectivity index is 3.08. The molecule has 88 valence electrons. The summed E-state index contributed by atoms with van der Waals surface area (Å²) in [5.41, 5.74) is 2.09. The minimum atomic E-state index is -0.198. The average molecular weight is 221 g/mol. The van der Waals surface area contributed by atoms with Gasteiger partial charge in [0.15, 0.2) is 0 Å². The lowest BCUT2D eigenvalue weighted by molar-refractivity contribution is 0.400. The molecule has 1 N–H and O–H groups in total. The van der Waals surface area contributed by atoms with Gasteiger partial charge in [0.25, 0.3) is 0 Å². The second-order valence-corrected chi connectivity index (χ2v) is 4.80. The summed E-state index contributed by atoms with van der Waals surface area (Å²) in [5, 5.41) is 3.26. The lowest BCUT2D eigenvalue weighted by Gasteiger charge is -2.35. The van der Waals surface area contributed by atoms with Gasteiger partial charge < -0.3 is 5.32 Å². The highest BCUT2D eigenvalue weighted by molar-refractivity contribution is 5.30. The van der Waals surface area contributed by atoms with E-state index in [0.29, 0.717) is 0 Å². The molecule has 1 aromatic carbocycles. The number of likely N-dealkylation sites (N-methyl/N-ethyl adjacent to an activating group) is 1. The van der Waals surface area contributed by atoms with Crippen molar-refractivity contribution in [2.24, 2.45) is 0 Å². The van der Waals surface area contributed by atoms with Crippen LogP contribution in [0.15, 0.2) is 36.4 Å². The molecule has 2 heteroatoms. The van der Waals surface area contributed by atoms with E-state index in [1.165, 1.54) is 12.1 Å². The summed E-state index contributed by atoms with van der Waals surface area (Å²) in [6, 6.07) is 6.85. The van der Waals surface area contributed by atoms with Gasteiger partial charge in [0.05, 0.1) is 0 Å². The predicted octanol–water partition coefficient (Wildman–Crippen LogP) is 3.27. The van der Waals surface area contributed by atoms with Crippen molar-refractivity contribution >= 4 is 0 Å². The van der Waals surface area contributed by atoms with Gasteiger partial charge in [0.1, 0.15) is 5.82 Å². The second kappa shape index (κ2) is 4.79. The van der Waals surface area contributed by atoms with Gasteiger partial charge in [0.2, 0.25) is 0 Å². The van der Waals surface area contributed by atoms with Crippen molar-refractivity contribution in [1.82, 2.24) is 5.32 Å². The van der Waals surface area contributed by atoms with Crippen molar-refractivity contribution in [3.63, 3.8) is 0 Å². The quantitative estimate of drug-likeness (QED) is 0.769. The Labute approximate surface area is 97.4 Å². The van der Waals surface area contributed by atoms with E-state index < -0.39 is 0 Å². The van der Waals surface area contributed by atoms with Crippen molar-refractivity contribution in [2.75, 3.05) is 7.05 Å². The smallest absolute Gasteiger partial charge is 0.123 e. The van der Waals surface area contributed by atoms with Gasteiger partial charge >= 0.3 is 0 Å². The maximum atomic E-state index is 12.9. The maximum Gasteiger partial charge on any atom is 0.123 e. The Morgan fingerprint density at radius 2 is 1.81 bits per heavy atom. The molecule has 16 heavy (non-hydrogen) atoms. The molecule has 0 aliphatic heterocycles. The van der Waals surface area contributed by atoms with E-state index in [9.17, 15) is 4.39 Å². The van der Waals surface area contributed by atoms with Crippen molar-refractivity contribution in [3.05, 3.63) is 47.8 Å². The summed E-state index contributed by atoms with van der Waals surface area (Å²) in [4.78, 5) is 0. The van der Waals surface area contributed by atoms with Crippen LogP contribution in [-0.4, -0.2) is 13.1 Å². The van der Waals surface area contributed by atoms with Crippen LogP contribution >= 0.6 is 0 Å². The maximum absolute atomic E-state index is 12.9. The van der Waals surface area contributed by atoms with Gasteiger partial charge in [-0.1, -0.05) is 38.1 Å². The normalized spacial score (nSPS) is 13.6. The Morgan fingerprint density at radius 1 is 1.31 bits per heavy atom. The number of hydrogen-bond acceptors (Lipinski definition) is 1. The van der Waals surface area contributed by atoms with Gasteiger partial charge in [-0.25, -0.2) is 4.39 Å². The molecule has 0 saturated carbocycles. The molecule has 1 nitrogen and oxygen atoms in total. The van der Waals surface area contributed by atoms with Gasteiger partial charge in [-0.2, -0.15) is 0 Å². The first kappa shape index (κ1) is 12.9. The number of nitrogens with one attached hydrogen (secondary N) is 1. The lowest BCUT2D eigenvalue weighted by Crippen LogP contribution is -2.43.